The van der Waals surface area contributed by atoms with Gasteiger partial charge in [0.2, 0.25) is 0 Å². The molecule has 0 N–H and O–H groups in total. The van der Waals surface area contributed by atoms with Crippen molar-refractivity contribution >= 4 is 0 Å². The summed E-state index contributed by atoms with van der Waals surface area (Å²) in [6, 6.07) is 6.26. The summed E-state index contributed by atoms with van der Waals surface area (Å²) in [6.07, 6.45) is 12.5. The summed E-state index contributed by atoms with van der Waals surface area (Å²) >= 11 is 0. The number of halogens is 5. The molecule has 0 fully saturated rings. The third-order valence-corrected chi connectivity index (χ3v) is 3.72. The van der Waals surface area contributed by atoms with E-state index in [-0.39, 0.29) is 0 Å². The van der Waals surface area contributed by atoms with Gasteiger partial charge in [-0.05, 0) is 12.2 Å². The number of aromatic nitrogens is 1. The highest BCUT2D eigenvalue weighted by Crippen LogP contribution is 2.25. The first-order valence-electron chi connectivity index (χ1n) is 8.52. The summed E-state index contributed by atoms with van der Waals surface area (Å²) in [6.45, 7) is 3.44. The third kappa shape index (κ3) is 6.61. The van der Waals surface area contributed by atoms with Gasteiger partial charge in [-0.1, -0.05) is 38.7 Å². The summed E-state index contributed by atoms with van der Waals surface area (Å²) in [5.41, 5.74) is 0. The van der Waals surface area contributed by atoms with Gasteiger partial charge in [0.15, 0.2) is 41.5 Å². The van der Waals surface area contributed by atoms with E-state index in [2.05, 4.69) is 42.1 Å². The molecule has 2 aromatic rings. The van der Waals surface area contributed by atoms with Crippen molar-refractivity contribution in [1.82, 2.24) is 0 Å². The second-order valence-corrected chi connectivity index (χ2v) is 5.78. The van der Waals surface area contributed by atoms with E-state index in [1.54, 1.807) is 0 Å². The molecule has 0 spiro atoms. The molecule has 0 saturated heterocycles. The van der Waals surface area contributed by atoms with Crippen LogP contribution in [0.4, 0.5) is 22.0 Å². The molecule has 1 aromatic heterocycles. The molecule has 144 valence electrons. The van der Waals surface area contributed by atoms with Gasteiger partial charge in [0.05, 0.1) is 0 Å². The van der Waals surface area contributed by atoms with Crippen molar-refractivity contribution in [1.29, 1.82) is 0 Å². The summed E-state index contributed by atoms with van der Waals surface area (Å²) in [7, 11) is 0. The van der Waals surface area contributed by atoms with Crippen molar-refractivity contribution in [2.75, 3.05) is 0 Å². The lowest BCUT2D eigenvalue weighted by atomic mass is 10.1. The summed E-state index contributed by atoms with van der Waals surface area (Å²) in [5.74, 6) is -13.6. The molecule has 0 aliphatic carbocycles. The number of hydrogen-bond donors (Lipinski definition) is 0. The van der Waals surface area contributed by atoms with Gasteiger partial charge in [0.1, 0.15) is 6.54 Å². The average molecular weight is 375 g/mol. The molecule has 0 amide bonds. The molecular formula is C19H22F5NO. The Kier molecular flexibility index (Phi) is 9.62. The van der Waals surface area contributed by atoms with E-state index >= 15 is 0 Å². The van der Waals surface area contributed by atoms with E-state index < -0.39 is 34.8 Å². The van der Waals surface area contributed by atoms with E-state index in [1.165, 1.54) is 45.1 Å². The summed E-state index contributed by atoms with van der Waals surface area (Å²) in [5, 5.41) is 10.2. The predicted molar refractivity (Wildman–Crippen MR) is 85.7 cm³/mol. The number of hydrogen-bond acceptors (Lipinski definition) is 1. The van der Waals surface area contributed by atoms with Gasteiger partial charge in [0.25, 0.3) is 0 Å². The van der Waals surface area contributed by atoms with Crippen LogP contribution >= 0.6 is 0 Å². The highest BCUT2D eigenvalue weighted by atomic mass is 19.2. The van der Waals surface area contributed by atoms with Gasteiger partial charge >= 0.3 is 0 Å². The predicted octanol–water partition coefficient (Wildman–Crippen LogP) is 4.79. The zero-order valence-corrected chi connectivity index (χ0v) is 14.6. The SMILES string of the molecule is CCCCCCCC[n+]1ccccc1.[O-]c1c(F)c(F)c(F)c(F)c1F. The molecule has 0 radical (unpaired) electrons. The molecule has 2 nitrogen and oxygen atoms in total. The van der Waals surface area contributed by atoms with E-state index in [0.717, 1.165) is 0 Å². The minimum atomic E-state index is -2.33. The first kappa shape index (κ1) is 21.9. The van der Waals surface area contributed by atoms with E-state index in [9.17, 15) is 27.1 Å². The van der Waals surface area contributed by atoms with Gasteiger partial charge in [-0.15, -0.1) is 0 Å². The van der Waals surface area contributed by atoms with Crippen molar-refractivity contribution in [3.05, 3.63) is 59.7 Å². The Hall–Kier alpha value is -2.18. The minimum Gasteiger partial charge on any atom is -0.868 e. The van der Waals surface area contributed by atoms with Crippen LogP contribution in [0.5, 0.6) is 5.75 Å². The summed E-state index contributed by atoms with van der Waals surface area (Å²) < 4.78 is 62.7. The highest BCUT2D eigenvalue weighted by Gasteiger charge is 2.20. The van der Waals surface area contributed by atoms with E-state index in [0.29, 0.717) is 0 Å². The van der Waals surface area contributed by atoms with Crippen LogP contribution in [0.15, 0.2) is 30.6 Å². The molecule has 0 atom stereocenters. The third-order valence-electron chi connectivity index (χ3n) is 3.72. The maximum absolute atomic E-state index is 12.1. The Bertz CT molecular complexity index is 574. The van der Waals surface area contributed by atoms with Gasteiger partial charge in [-0.2, -0.15) is 0 Å². The van der Waals surface area contributed by atoms with Crippen molar-refractivity contribution in [3.8, 4) is 5.75 Å². The highest BCUT2D eigenvalue weighted by molar-refractivity contribution is 5.26. The number of rotatable bonds is 7. The van der Waals surface area contributed by atoms with Crippen molar-refractivity contribution in [3.63, 3.8) is 0 Å². The Morgan fingerprint density at radius 2 is 1.15 bits per heavy atom. The normalized spacial score (nSPS) is 10.4. The molecule has 0 aliphatic rings. The Morgan fingerprint density at radius 1 is 0.692 bits per heavy atom. The second-order valence-electron chi connectivity index (χ2n) is 5.78. The first-order valence-corrected chi connectivity index (χ1v) is 8.52. The van der Waals surface area contributed by atoms with Crippen molar-refractivity contribution in [2.24, 2.45) is 0 Å². The lowest BCUT2D eigenvalue weighted by Crippen LogP contribution is -2.32. The minimum absolute atomic E-state index is 1.17. The molecule has 0 unspecified atom stereocenters. The summed E-state index contributed by atoms with van der Waals surface area (Å²) in [4.78, 5) is 0. The Morgan fingerprint density at radius 3 is 1.69 bits per heavy atom. The number of nitrogens with zero attached hydrogens (tertiary/aromatic N) is 1. The molecule has 0 saturated carbocycles. The topological polar surface area (TPSA) is 26.9 Å². The van der Waals surface area contributed by atoms with Crippen LogP contribution in [-0.4, -0.2) is 0 Å². The molecule has 0 aliphatic heterocycles. The van der Waals surface area contributed by atoms with Crippen molar-refractivity contribution in [2.45, 2.75) is 52.0 Å². The van der Waals surface area contributed by atoms with Crippen LogP contribution in [-0.2, 0) is 6.54 Å². The Labute approximate surface area is 149 Å². The molecule has 0 bridgehead atoms. The number of unbranched alkanes of at least 4 members (excludes halogenated alkanes) is 5. The lowest BCUT2D eigenvalue weighted by molar-refractivity contribution is -0.697. The molecule has 1 aromatic carbocycles. The van der Waals surface area contributed by atoms with Crippen LogP contribution in [0.2, 0.25) is 0 Å². The van der Waals surface area contributed by atoms with Crippen LogP contribution in [0.3, 0.4) is 0 Å². The lowest BCUT2D eigenvalue weighted by Gasteiger charge is -2.09. The van der Waals surface area contributed by atoms with Crippen molar-refractivity contribution < 1.29 is 31.6 Å². The zero-order chi connectivity index (χ0) is 19.5. The van der Waals surface area contributed by atoms with Gasteiger partial charge in [-0.25, -0.2) is 26.5 Å². The maximum Gasteiger partial charge on any atom is 0.200 e. The Balaban J connectivity index is 0.000000263. The second kappa shape index (κ2) is 11.4. The molecule has 1 heterocycles. The molecule has 26 heavy (non-hydrogen) atoms. The fourth-order valence-corrected chi connectivity index (χ4v) is 2.24. The van der Waals surface area contributed by atoms with Gasteiger partial charge in [0, 0.05) is 18.6 Å². The van der Waals surface area contributed by atoms with Crippen LogP contribution in [0.25, 0.3) is 0 Å². The van der Waals surface area contributed by atoms with E-state index in [1.807, 2.05) is 0 Å². The monoisotopic (exact) mass is 375 g/mol. The maximum atomic E-state index is 12.1. The standard InChI is InChI=1S/C13H22N.C6HF5O/c1-2-3-4-5-6-8-11-14-12-9-7-10-13-14;7-1-2(8)4(10)6(12)5(11)3(1)9/h7,9-10,12-13H,2-6,8,11H2,1H3;12H/q+1;/p-1. The van der Waals surface area contributed by atoms with Crippen LogP contribution in [0, 0.1) is 29.1 Å². The quantitative estimate of drug-likeness (QED) is 0.225. The first-order chi connectivity index (χ1) is 12.4. The van der Waals surface area contributed by atoms with Gasteiger partial charge < -0.3 is 5.11 Å². The smallest absolute Gasteiger partial charge is 0.200 e. The molecule has 2 rings (SSSR count). The largest absolute Gasteiger partial charge is 0.868 e. The fourth-order valence-electron chi connectivity index (χ4n) is 2.24. The number of pyridine rings is 1. The van der Waals surface area contributed by atoms with Crippen LogP contribution in [0.1, 0.15) is 45.4 Å². The van der Waals surface area contributed by atoms with E-state index in [4.69, 9.17) is 0 Å². The number of benzene rings is 1. The molecule has 7 heteroatoms. The van der Waals surface area contributed by atoms with Gasteiger partial charge in [-0.3, -0.25) is 0 Å². The zero-order valence-electron chi connectivity index (χ0n) is 14.6. The fraction of sp³-hybridized carbons (Fsp3) is 0.421. The average Bonchev–Trinajstić information content (AvgIpc) is 2.67. The number of aryl methyl sites for hydroxylation is 1. The molecular weight excluding hydrogens is 353 g/mol. The van der Waals surface area contributed by atoms with Crippen LogP contribution < -0.4 is 9.67 Å².